The average molecular weight is 754 g/mol. The van der Waals surface area contributed by atoms with Crippen LogP contribution >= 0.6 is 0 Å². The van der Waals surface area contributed by atoms with Gasteiger partial charge in [-0.3, -0.25) is 0 Å². The molecule has 5 heteroatoms. The molecule has 0 spiro atoms. The van der Waals surface area contributed by atoms with Crippen LogP contribution < -0.4 is 9.47 Å². The number of rotatable bonds is 14. The second-order valence-corrected chi connectivity index (χ2v) is 16.2. The minimum Gasteiger partial charge on any atom is -0.488 e. The smallest absolute Gasteiger partial charge is 0.164 e. The molecule has 6 aromatic carbocycles. The van der Waals surface area contributed by atoms with Gasteiger partial charge in [0.05, 0.1) is 0 Å². The van der Waals surface area contributed by atoms with Gasteiger partial charge in [0.15, 0.2) is 17.5 Å². The number of fused-ring (bicyclic) bond motifs is 1. The standard InChI is InChI=1S/C52H55N3O2/c1-9-51(7,10-2)41-24-20-37(21-25-41)47-53-48(55-49(54-47)46-19-15-17-36-16-13-14-18-45(36)46)38-22-30-42(31-23-38)56-43-32-26-39(27-33-43)50(5,6)40-28-34-44(35-29-40)57-52(8,11-3)12-4/h13-35H,9-12H2,1-8H3. The molecular weight excluding hydrogens is 699 g/mol. The number of hydrogen-bond acceptors (Lipinski definition) is 5. The van der Waals surface area contributed by atoms with Crippen LogP contribution in [0.4, 0.5) is 0 Å². The number of ether oxygens (including phenoxy) is 2. The van der Waals surface area contributed by atoms with Crippen molar-refractivity contribution in [2.75, 3.05) is 0 Å². The third-order valence-electron chi connectivity index (χ3n) is 12.4. The second kappa shape index (κ2) is 16.3. The number of hydrogen-bond donors (Lipinski definition) is 0. The van der Waals surface area contributed by atoms with Crippen molar-refractivity contribution in [3.8, 4) is 51.4 Å². The molecular formula is C52H55N3O2. The summed E-state index contributed by atoms with van der Waals surface area (Å²) in [5, 5.41) is 2.25. The molecule has 0 aliphatic rings. The first-order valence-corrected chi connectivity index (χ1v) is 20.5. The van der Waals surface area contributed by atoms with Gasteiger partial charge < -0.3 is 9.47 Å². The van der Waals surface area contributed by atoms with Gasteiger partial charge in [-0.05, 0) is 114 Å². The fraction of sp³-hybridized carbons (Fsp3) is 0.288. The van der Waals surface area contributed by atoms with Crippen molar-refractivity contribution in [1.29, 1.82) is 0 Å². The van der Waals surface area contributed by atoms with Gasteiger partial charge in [0.25, 0.3) is 0 Å². The highest BCUT2D eigenvalue weighted by Crippen LogP contribution is 2.37. The molecule has 0 unspecified atom stereocenters. The molecule has 5 nitrogen and oxygen atoms in total. The van der Waals surface area contributed by atoms with Gasteiger partial charge in [-0.25, -0.2) is 15.0 Å². The van der Waals surface area contributed by atoms with E-state index in [9.17, 15) is 0 Å². The van der Waals surface area contributed by atoms with E-state index in [1.165, 1.54) is 16.7 Å². The Balaban J connectivity index is 1.13. The van der Waals surface area contributed by atoms with E-state index >= 15 is 0 Å². The fourth-order valence-electron chi connectivity index (χ4n) is 7.39. The third-order valence-corrected chi connectivity index (χ3v) is 12.4. The van der Waals surface area contributed by atoms with Crippen molar-refractivity contribution in [3.63, 3.8) is 0 Å². The first-order chi connectivity index (χ1) is 27.5. The molecule has 57 heavy (non-hydrogen) atoms. The predicted octanol–water partition coefficient (Wildman–Crippen LogP) is 14.2. The van der Waals surface area contributed by atoms with Crippen molar-refractivity contribution in [1.82, 2.24) is 15.0 Å². The Kier molecular flexibility index (Phi) is 11.3. The Hall–Kier alpha value is -5.81. The van der Waals surface area contributed by atoms with Gasteiger partial charge in [0.1, 0.15) is 22.8 Å². The molecule has 0 aliphatic carbocycles. The Labute approximate surface area is 339 Å². The lowest BCUT2D eigenvalue weighted by molar-refractivity contribution is 0.0802. The quantitative estimate of drug-likeness (QED) is 0.111. The van der Waals surface area contributed by atoms with Crippen LogP contribution in [0.5, 0.6) is 17.2 Å². The summed E-state index contributed by atoms with van der Waals surface area (Å²) in [7, 11) is 0. The zero-order valence-electron chi connectivity index (χ0n) is 34.8. The van der Waals surface area contributed by atoms with Crippen molar-refractivity contribution >= 4 is 10.8 Å². The first kappa shape index (κ1) is 39.4. The monoisotopic (exact) mass is 753 g/mol. The molecule has 0 fully saturated rings. The lowest BCUT2D eigenvalue weighted by Gasteiger charge is -2.30. The summed E-state index contributed by atoms with van der Waals surface area (Å²) in [5.74, 6) is 4.33. The molecule has 1 heterocycles. The van der Waals surface area contributed by atoms with E-state index in [1.807, 2.05) is 36.4 Å². The van der Waals surface area contributed by atoms with E-state index in [2.05, 4.69) is 159 Å². The number of aromatic nitrogens is 3. The lowest BCUT2D eigenvalue weighted by Crippen LogP contribution is -2.30. The maximum atomic E-state index is 6.35. The third kappa shape index (κ3) is 8.34. The minimum atomic E-state index is -0.195. The highest BCUT2D eigenvalue weighted by molar-refractivity contribution is 5.95. The minimum absolute atomic E-state index is 0.133. The highest BCUT2D eigenvalue weighted by Gasteiger charge is 2.26. The Morgan fingerprint density at radius 3 is 1.44 bits per heavy atom. The van der Waals surface area contributed by atoms with Crippen molar-refractivity contribution in [3.05, 3.63) is 156 Å². The summed E-state index contributed by atoms with van der Waals surface area (Å²) in [6.07, 6.45) is 4.10. The summed E-state index contributed by atoms with van der Waals surface area (Å²) in [6.45, 7) is 17.9. The molecule has 0 N–H and O–H groups in total. The van der Waals surface area contributed by atoms with Gasteiger partial charge in [0, 0.05) is 22.1 Å². The summed E-state index contributed by atoms with van der Waals surface area (Å²) in [4.78, 5) is 15.2. The summed E-state index contributed by atoms with van der Waals surface area (Å²) in [6, 6.07) is 48.3. The van der Waals surface area contributed by atoms with E-state index in [1.54, 1.807) is 0 Å². The van der Waals surface area contributed by atoms with Crippen LogP contribution in [0.15, 0.2) is 140 Å². The van der Waals surface area contributed by atoms with Crippen LogP contribution in [0.3, 0.4) is 0 Å². The first-order valence-electron chi connectivity index (χ1n) is 20.5. The highest BCUT2D eigenvalue weighted by atomic mass is 16.5. The van der Waals surface area contributed by atoms with E-state index in [-0.39, 0.29) is 16.4 Å². The van der Waals surface area contributed by atoms with Crippen LogP contribution in [-0.2, 0) is 10.8 Å². The Bertz CT molecular complexity index is 2420. The van der Waals surface area contributed by atoms with Gasteiger partial charge >= 0.3 is 0 Å². The zero-order chi connectivity index (χ0) is 40.2. The van der Waals surface area contributed by atoms with E-state index < -0.39 is 0 Å². The van der Waals surface area contributed by atoms with Gasteiger partial charge in [0.2, 0.25) is 0 Å². The molecule has 0 saturated carbocycles. The molecule has 0 amide bonds. The molecule has 1 aromatic heterocycles. The molecule has 290 valence electrons. The topological polar surface area (TPSA) is 57.1 Å². The second-order valence-electron chi connectivity index (χ2n) is 16.2. The SMILES string of the molecule is CCC(C)(CC)Oc1ccc(C(C)(C)c2ccc(Oc3ccc(-c4nc(-c5ccc(C(C)(CC)CC)cc5)nc(-c5cccc6ccccc56)n4)cc3)cc2)cc1. The molecule has 7 rings (SSSR count). The van der Waals surface area contributed by atoms with E-state index in [4.69, 9.17) is 24.4 Å². The molecule has 0 atom stereocenters. The summed E-state index contributed by atoms with van der Waals surface area (Å²) < 4.78 is 12.7. The Morgan fingerprint density at radius 2 is 0.895 bits per heavy atom. The van der Waals surface area contributed by atoms with Crippen LogP contribution in [0.1, 0.15) is 97.8 Å². The Morgan fingerprint density at radius 1 is 0.439 bits per heavy atom. The summed E-state index contributed by atoms with van der Waals surface area (Å²) >= 11 is 0. The van der Waals surface area contributed by atoms with Gasteiger partial charge in [-0.2, -0.15) is 0 Å². The number of nitrogens with zero attached hydrogens (tertiary/aromatic N) is 3. The number of benzene rings is 6. The normalized spacial score (nSPS) is 12.1. The zero-order valence-corrected chi connectivity index (χ0v) is 34.8. The summed E-state index contributed by atoms with van der Waals surface area (Å²) in [5.41, 5.74) is 6.37. The van der Waals surface area contributed by atoms with Gasteiger partial charge in [-0.1, -0.05) is 139 Å². The van der Waals surface area contributed by atoms with Crippen LogP contribution in [-0.4, -0.2) is 20.6 Å². The maximum absolute atomic E-state index is 6.35. The largest absolute Gasteiger partial charge is 0.488 e. The van der Waals surface area contributed by atoms with E-state index in [0.29, 0.717) is 17.5 Å². The molecule has 0 radical (unpaired) electrons. The van der Waals surface area contributed by atoms with Crippen LogP contribution in [0.25, 0.3) is 44.9 Å². The van der Waals surface area contributed by atoms with E-state index in [0.717, 1.165) is 70.4 Å². The fourth-order valence-corrected chi connectivity index (χ4v) is 7.39. The van der Waals surface area contributed by atoms with Crippen LogP contribution in [0.2, 0.25) is 0 Å². The van der Waals surface area contributed by atoms with Crippen molar-refractivity contribution < 1.29 is 9.47 Å². The lowest BCUT2D eigenvalue weighted by atomic mass is 9.78. The molecule has 0 saturated heterocycles. The maximum Gasteiger partial charge on any atom is 0.164 e. The van der Waals surface area contributed by atoms with Crippen molar-refractivity contribution in [2.24, 2.45) is 0 Å². The molecule has 0 bridgehead atoms. The predicted molar refractivity (Wildman–Crippen MR) is 236 cm³/mol. The average Bonchev–Trinajstić information content (AvgIpc) is 3.26. The van der Waals surface area contributed by atoms with Crippen molar-refractivity contribution in [2.45, 2.75) is 97.5 Å². The van der Waals surface area contributed by atoms with Gasteiger partial charge in [-0.15, -0.1) is 0 Å². The van der Waals surface area contributed by atoms with Crippen LogP contribution in [0, 0.1) is 0 Å². The molecule has 7 aromatic rings. The molecule has 0 aliphatic heterocycles.